The Kier molecular flexibility index (Phi) is 4.33. The first kappa shape index (κ1) is 12.1. The number of halogens is 3. The lowest BCUT2D eigenvalue weighted by molar-refractivity contribution is -0.192. The van der Waals surface area contributed by atoms with Crippen molar-refractivity contribution >= 4 is 11.7 Å². The third-order valence-electron chi connectivity index (χ3n) is 0.823. The van der Waals surface area contributed by atoms with Gasteiger partial charge in [0.15, 0.2) is 0 Å². The fraction of sp³-hybridized carbons (Fsp3) is 0.167. The van der Waals surface area contributed by atoms with Gasteiger partial charge in [-0.15, -0.1) is 0 Å². The summed E-state index contributed by atoms with van der Waals surface area (Å²) < 4.78 is 31.7. The highest BCUT2D eigenvalue weighted by atomic mass is 19.4. The zero-order valence-corrected chi connectivity index (χ0v) is 6.69. The molecule has 0 aromatic carbocycles. The highest BCUT2D eigenvalue weighted by Gasteiger charge is 2.38. The third-order valence-corrected chi connectivity index (χ3v) is 0.823. The fourth-order valence-corrected chi connectivity index (χ4v) is 0.311. The number of nitrogens with zero attached hydrogens (tertiary/aromatic N) is 2. The standard InChI is InChI=1S/C4H5N3.C2HF3O2/c5-4-1-6-3-7-2-4;3-2(4,5)1(6)7/h1-3H,5H2;(H,6,7). The Bertz CT molecular complexity index is 288. The van der Waals surface area contributed by atoms with Gasteiger partial charge in [-0.25, -0.2) is 14.8 Å². The second-order valence-electron chi connectivity index (χ2n) is 1.97. The molecule has 0 spiro atoms. The van der Waals surface area contributed by atoms with Crippen LogP contribution in [0.3, 0.4) is 0 Å². The second kappa shape index (κ2) is 5.00. The van der Waals surface area contributed by atoms with Crippen LogP contribution in [0.25, 0.3) is 0 Å². The molecule has 5 nitrogen and oxygen atoms in total. The summed E-state index contributed by atoms with van der Waals surface area (Å²) in [5.41, 5.74) is 5.83. The van der Waals surface area contributed by atoms with Gasteiger partial charge in [-0.2, -0.15) is 13.2 Å². The average Bonchev–Trinajstić information content (AvgIpc) is 2.04. The number of alkyl halides is 3. The summed E-state index contributed by atoms with van der Waals surface area (Å²) in [6.07, 6.45) is -0.545. The number of aliphatic carboxylic acids is 1. The van der Waals surface area contributed by atoms with Crippen molar-refractivity contribution in [2.75, 3.05) is 5.73 Å². The van der Waals surface area contributed by atoms with Gasteiger partial charge < -0.3 is 10.8 Å². The van der Waals surface area contributed by atoms with Crippen LogP contribution in [0, 0.1) is 0 Å². The first-order valence-electron chi connectivity index (χ1n) is 3.14. The Hall–Kier alpha value is -1.86. The number of nitrogen functional groups attached to an aromatic ring is 1. The van der Waals surface area contributed by atoms with E-state index < -0.39 is 12.1 Å². The van der Waals surface area contributed by atoms with E-state index in [0.717, 1.165) is 0 Å². The Labute approximate surface area is 76.4 Å². The molecule has 3 N–H and O–H groups in total. The van der Waals surface area contributed by atoms with Crippen molar-refractivity contribution in [3.8, 4) is 0 Å². The number of anilines is 1. The molecule has 0 amide bonds. The molecule has 0 unspecified atom stereocenters. The van der Waals surface area contributed by atoms with E-state index >= 15 is 0 Å². The van der Waals surface area contributed by atoms with Gasteiger partial charge in [0, 0.05) is 0 Å². The molecule has 1 heterocycles. The van der Waals surface area contributed by atoms with Crippen molar-refractivity contribution in [1.29, 1.82) is 0 Å². The van der Waals surface area contributed by atoms with Crippen LogP contribution in [-0.4, -0.2) is 27.2 Å². The molecule has 1 aromatic rings. The van der Waals surface area contributed by atoms with Gasteiger partial charge in [-0.1, -0.05) is 0 Å². The van der Waals surface area contributed by atoms with Crippen LogP contribution in [-0.2, 0) is 4.79 Å². The first-order chi connectivity index (χ1) is 6.34. The molecule has 0 bridgehead atoms. The summed E-state index contributed by atoms with van der Waals surface area (Å²) in [6.45, 7) is 0. The molecule has 14 heavy (non-hydrogen) atoms. The molecule has 1 aromatic heterocycles. The van der Waals surface area contributed by atoms with Crippen LogP contribution in [0.2, 0.25) is 0 Å². The maximum Gasteiger partial charge on any atom is 0.490 e. The van der Waals surface area contributed by atoms with E-state index in [2.05, 4.69) is 9.97 Å². The summed E-state index contributed by atoms with van der Waals surface area (Å²) in [7, 11) is 0. The molecule has 78 valence electrons. The number of nitrogens with two attached hydrogens (primary N) is 1. The fourth-order valence-electron chi connectivity index (χ4n) is 0.311. The Morgan fingerprint density at radius 3 is 1.86 bits per heavy atom. The molecule has 0 radical (unpaired) electrons. The van der Waals surface area contributed by atoms with E-state index in [4.69, 9.17) is 15.6 Å². The molecule has 0 saturated heterocycles. The molecular weight excluding hydrogens is 203 g/mol. The van der Waals surface area contributed by atoms with Crippen molar-refractivity contribution in [3.63, 3.8) is 0 Å². The van der Waals surface area contributed by atoms with Crippen molar-refractivity contribution in [1.82, 2.24) is 9.97 Å². The van der Waals surface area contributed by atoms with Gasteiger partial charge in [0.2, 0.25) is 0 Å². The number of rotatable bonds is 0. The predicted molar refractivity (Wildman–Crippen MR) is 40.1 cm³/mol. The van der Waals surface area contributed by atoms with E-state index in [1.165, 1.54) is 6.33 Å². The Morgan fingerprint density at radius 1 is 1.36 bits per heavy atom. The normalized spacial score (nSPS) is 9.93. The molecular formula is C6H6F3N3O2. The van der Waals surface area contributed by atoms with Crippen LogP contribution < -0.4 is 5.73 Å². The molecule has 1 rings (SSSR count). The van der Waals surface area contributed by atoms with Crippen LogP contribution in [0.15, 0.2) is 18.7 Å². The highest BCUT2D eigenvalue weighted by Crippen LogP contribution is 2.13. The number of hydrogen-bond acceptors (Lipinski definition) is 4. The number of carboxylic acids is 1. The van der Waals surface area contributed by atoms with Crippen molar-refractivity contribution < 1.29 is 23.1 Å². The minimum Gasteiger partial charge on any atom is -0.475 e. The van der Waals surface area contributed by atoms with E-state index in [1.807, 2.05) is 0 Å². The van der Waals surface area contributed by atoms with Crippen molar-refractivity contribution in [2.45, 2.75) is 6.18 Å². The number of hydrogen-bond donors (Lipinski definition) is 2. The smallest absolute Gasteiger partial charge is 0.475 e. The zero-order chi connectivity index (χ0) is 11.2. The molecule has 0 atom stereocenters. The molecule has 0 fully saturated rings. The zero-order valence-electron chi connectivity index (χ0n) is 6.69. The van der Waals surface area contributed by atoms with E-state index in [1.54, 1.807) is 12.4 Å². The molecule has 0 aliphatic heterocycles. The lowest BCUT2D eigenvalue weighted by Crippen LogP contribution is -2.21. The monoisotopic (exact) mass is 209 g/mol. The van der Waals surface area contributed by atoms with E-state index in [0.29, 0.717) is 5.69 Å². The molecule has 0 saturated carbocycles. The second-order valence-corrected chi connectivity index (χ2v) is 1.97. The quantitative estimate of drug-likeness (QED) is 0.656. The molecule has 8 heteroatoms. The molecule has 0 aliphatic rings. The predicted octanol–water partition coefficient (Wildman–Crippen LogP) is 0.692. The summed E-state index contributed by atoms with van der Waals surface area (Å²) in [6, 6.07) is 0. The van der Waals surface area contributed by atoms with Crippen LogP contribution in [0.5, 0.6) is 0 Å². The van der Waals surface area contributed by atoms with Gasteiger partial charge in [0.05, 0.1) is 18.1 Å². The minimum absolute atomic E-state index is 0.600. The van der Waals surface area contributed by atoms with Crippen molar-refractivity contribution in [3.05, 3.63) is 18.7 Å². The Morgan fingerprint density at radius 2 is 1.71 bits per heavy atom. The lowest BCUT2D eigenvalue weighted by Gasteiger charge is -1.93. The third kappa shape index (κ3) is 5.75. The number of carbonyl (C=O) groups is 1. The van der Waals surface area contributed by atoms with E-state index in [9.17, 15) is 13.2 Å². The topological polar surface area (TPSA) is 89.1 Å². The molecule has 0 aliphatic carbocycles. The van der Waals surface area contributed by atoms with Crippen molar-refractivity contribution in [2.24, 2.45) is 0 Å². The lowest BCUT2D eigenvalue weighted by atomic mass is 10.6. The Balaban J connectivity index is 0.000000241. The van der Waals surface area contributed by atoms with Gasteiger partial charge in [0.25, 0.3) is 0 Å². The number of aromatic nitrogens is 2. The van der Waals surface area contributed by atoms with Gasteiger partial charge in [-0.05, 0) is 0 Å². The average molecular weight is 209 g/mol. The van der Waals surface area contributed by atoms with Gasteiger partial charge in [0.1, 0.15) is 6.33 Å². The van der Waals surface area contributed by atoms with Gasteiger partial charge >= 0.3 is 12.1 Å². The van der Waals surface area contributed by atoms with E-state index in [-0.39, 0.29) is 0 Å². The maximum absolute atomic E-state index is 10.6. The summed E-state index contributed by atoms with van der Waals surface area (Å²) in [5, 5.41) is 7.12. The van der Waals surface area contributed by atoms with Crippen LogP contribution >= 0.6 is 0 Å². The van der Waals surface area contributed by atoms with Gasteiger partial charge in [-0.3, -0.25) is 0 Å². The SMILES string of the molecule is Nc1cncnc1.O=C(O)C(F)(F)F. The maximum atomic E-state index is 10.6. The summed E-state index contributed by atoms with van der Waals surface area (Å²) in [5.74, 6) is -2.76. The highest BCUT2D eigenvalue weighted by molar-refractivity contribution is 5.73. The largest absolute Gasteiger partial charge is 0.490 e. The van der Waals surface area contributed by atoms with Crippen LogP contribution in [0.4, 0.5) is 18.9 Å². The first-order valence-corrected chi connectivity index (χ1v) is 3.14. The minimum atomic E-state index is -5.08. The van der Waals surface area contributed by atoms with Crippen LogP contribution in [0.1, 0.15) is 0 Å². The summed E-state index contributed by atoms with van der Waals surface area (Å²) >= 11 is 0. The number of carboxylic acid groups (broad SMARTS) is 1. The summed E-state index contributed by atoms with van der Waals surface area (Å²) in [4.78, 5) is 16.2.